The maximum absolute atomic E-state index is 13.3. The third kappa shape index (κ3) is 4.10. The molecule has 1 aliphatic heterocycles. The topological polar surface area (TPSA) is 65.1 Å². The number of H-pyrrole nitrogens is 1. The van der Waals surface area contributed by atoms with Crippen molar-refractivity contribution in [2.45, 2.75) is 6.43 Å². The number of aromatic nitrogens is 3. The molecule has 0 aromatic carbocycles. The van der Waals surface area contributed by atoms with Crippen LogP contribution in [0.4, 0.5) is 19.0 Å². The van der Waals surface area contributed by atoms with Crippen LogP contribution in [0, 0.1) is 5.95 Å². The number of pyridine rings is 1. The summed E-state index contributed by atoms with van der Waals surface area (Å²) in [4.78, 5) is 25.8. The second kappa shape index (κ2) is 7.40. The fourth-order valence-corrected chi connectivity index (χ4v) is 2.89. The van der Waals surface area contributed by atoms with Gasteiger partial charge in [0.25, 0.3) is 12.0 Å². The summed E-state index contributed by atoms with van der Waals surface area (Å²) in [6.07, 6.45) is -1.12. The Bertz CT molecular complexity index is 808. The quantitative estimate of drug-likeness (QED) is 0.831. The zero-order valence-corrected chi connectivity index (χ0v) is 13.8. The Morgan fingerprint density at radius 2 is 2.00 bits per heavy atom. The zero-order chi connectivity index (χ0) is 18.0. The van der Waals surface area contributed by atoms with E-state index in [1.165, 1.54) is 12.3 Å². The van der Waals surface area contributed by atoms with Gasteiger partial charge in [-0.25, -0.2) is 18.7 Å². The predicted molar refractivity (Wildman–Crippen MR) is 87.7 cm³/mol. The minimum Gasteiger partial charge on any atom is -0.353 e. The van der Waals surface area contributed by atoms with E-state index in [-0.39, 0.29) is 23.2 Å². The molecule has 0 unspecified atom stereocenters. The number of nitrogens with one attached hydrogen (secondary N) is 1. The van der Waals surface area contributed by atoms with Gasteiger partial charge in [-0.05, 0) is 6.07 Å². The lowest BCUT2D eigenvalue weighted by Gasteiger charge is -2.35. The molecule has 6 nitrogen and oxygen atoms in total. The van der Waals surface area contributed by atoms with Crippen molar-refractivity contribution in [3.63, 3.8) is 0 Å². The van der Waals surface area contributed by atoms with Gasteiger partial charge < -0.3 is 9.88 Å². The molecule has 0 atom stereocenters. The van der Waals surface area contributed by atoms with Gasteiger partial charge in [-0.3, -0.25) is 9.69 Å². The Kier molecular flexibility index (Phi) is 5.24. The first-order valence-electron chi connectivity index (χ1n) is 7.61. The molecule has 1 saturated heterocycles. The molecule has 1 fully saturated rings. The van der Waals surface area contributed by atoms with E-state index in [2.05, 4.69) is 15.0 Å². The number of hydrogen-bond acceptors (Lipinski definition) is 5. The normalized spacial score (nSPS) is 15.8. The number of nitrogens with zero attached hydrogens (tertiary/aromatic N) is 4. The van der Waals surface area contributed by atoms with E-state index in [0.29, 0.717) is 31.7 Å². The van der Waals surface area contributed by atoms with Gasteiger partial charge in [-0.1, -0.05) is 11.6 Å². The van der Waals surface area contributed by atoms with Crippen molar-refractivity contribution >= 4 is 17.4 Å². The van der Waals surface area contributed by atoms with Gasteiger partial charge in [0.05, 0.1) is 6.54 Å². The number of hydrogen-bond donors (Lipinski definition) is 1. The monoisotopic (exact) mass is 373 g/mol. The summed E-state index contributed by atoms with van der Waals surface area (Å²) in [5.74, 6) is -0.271. The van der Waals surface area contributed by atoms with E-state index in [0.717, 1.165) is 6.07 Å². The number of aromatic amines is 1. The summed E-state index contributed by atoms with van der Waals surface area (Å²) in [6.45, 7) is 1.36. The number of alkyl halides is 2. The summed E-state index contributed by atoms with van der Waals surface area (Å²) < 4.78 is 38.2. The van der Waals surface area contributed by atoms with Gasteiger partial charge in [0, 0.05) is 44.0 Å². The molecule has 25 heavy (non-hydrogen) atoms. The van der Waals surface area contributed by atoms with Gasteiger partial charge in [0.15, 0.2) is 5.82 Å². The van der Waals surface area contributed by atoms with Crippen LogP contribution in [0.2, 0.25) is 5.02 Å². The summed E-state index contributed by atoms with van der Waals surface area (Å²) >= 11 is 6.07. The van der Waals surface area contributed by atoms with Crippen molar-refractivity contribution < 1.29 is 13.2 Å². The second-order valence-corrected chi connectivity index (χ2v) is 5.98. The maximum atomic E-state index is 13.3. The highest BCUT2D eigenvalue weighted by atomic mass is 35.5. The summed E-state index contributed by atoms with van der Waals surface area (Å²) in [5, 5.41) is -0.0828. The average Bonchev–Trinajstić information content (AvgIpc) is 2.57. The van der Waals surface area contributed by atoms with Crippen LogP contribution in [0.1, 0.15) is 0 Å². The third-order valence-corrected chi connectivity index (χ3v) is 4.25. The van der Waals surface area contributed by atoms with Crippen LogP contribution in [0.5, 0.6) is 0 Å². The van der Waals surface area contributed by atoms with E-state index in [1.54, 1.807) is 9.80 Å². The number of anilines is 1. The SMILES string of the molecule is O=c1[nH]c(-c2ccnc(F)c2)nc(N2CCN(CC(F)F)CC2)c1Cl. The molecule has 10 heteroatoms. The van der Waals surface area contributed by atoms with Crippen LogP contribution >= 0.6 is 11.6 Å². The van der Waals surface area contributed by atoms with Crippen LogP contribution in [-0.2, 0) is 0 Å². The minimum absolute atomic E-state index is 0.0828. The number of rotatable bonds is 4. The molecule has 134 valence electrons. The first kappa shape index (κ1) is 17.7. The lowest BCUT2D eigenvalue weighted by molar-refractivity contribution is 0.0854. The van der Waals surface area contributed by atoms with Crippen LogP contribution in [0.15, 0.2) is 23.1 Å². The van der Waals surface area contributed by atoms with Crippen LogP contribution in [0.25, 0.3) is 11.4 Å². The van der Waals surface area contributed by atoms with Crippen LogP contribution in [0.3, 0.4) is 0 Å². The van der Waals surface area contributed by atoms with Crippen LogP contribution < -0.4 is 10.5 Å². The average molecular weight is 374 g/mol. The van der Waals surface area contributed by atoms with E-state index in [9.17, 15) is 18.0 Å². The second-order valence-electron chi connectivity index (χ2n) is 5.60. The Morgan fingerprint density at radius 1 is 1.28 bits per heavy atom. The molecule has 3 rings (SSSR count). The van der Waals surface area contributed by atoms with Gasteiger partial charge in [-0.2, -0.15) is 4.39 Å². The van der Waals surface area contributed by atoms with E-state index >= 15 is 0 Å². The summed E-state index contributed by atoms with van der Waals surface area (Å²) in [7, 11) is 0. The Morgan fingerprint density at radius 3 is 2.64 bits per heavy atom. The molecule has 3 heterocycles. The molecule has 1 aliphatic rings. The highest BCUT2D eigenvalue weighted by Crippen LogP contribution is 2.24. The number of piperazine rings is 1. The molecule has 0 spiro atoms. The molecule has 2 aromatic heterocycles. The highest BCUT2D eigenvalue weighted by molar-refractivity contribution is 6.32. The summed E-state index contributed by atoms with van der Waals surface area (Å²) in [5.41, 5.74) is -0.187. The van der Waals surface area contributed by atoms with Crippen LogP contribution in [-0.4, -0.2) is 59.0 Å². The molecule has 0 amide bonds. The largest absolute Gasteiger partial charge is 0.353 e. The fraction of sp³-hybridized carbons (Fsp3) is 0.400. The van der Waals surface area contributed by atoms with Gasteiger partial charge in [-0.15, -0.1) is 0 Å². The Hall–Kier alpha value is -2.13. The fourth-order valence-electron chi connectivity index (χ4n) is 2.68. The third-order valence-electron chi connectivity index (χ3n) is 3.91. The summed E-state index contributed by atoms with van der Waals surface area (Å²) in [6, 6.07) is 2.66. The molecule has 1 N–H and O–H groups in total. The van der Waals surface area contributed by atoms with Gasteiger partial charge >= 0.3 is 0 Å². The molecule has 0 saturated carbocycles. The number of halogens is 4. The lowest BCUT2D eigenvalue weighted by atomic mass is 10.2. The van der Waals surface area contributed by atoms with E-state index in [4.69, 9.17) is 11.6 Å². The standard InChI is InChI=1S/C15H15ClF3N5O/c16-12-14(24-5-3-23(4-6-24)8-10(17)18)21-13(22-15(12)25)9-1-2-20-11(19)7-9/h1-2,7,10H,3-6,8H2,(H,21,22,25). The lowest BCUT2D eigenvalue weighted by Crippen LogP contribution is -2.48. The maximum Gasteiger partial charge on any atom is 0.272 e. The molecule has 0 bridgehead atoms. The zero-order valence-electron chi connectivity index (χ0n) is 13.1. The predicted octanol–water partition coefficient (Wildman–Crippen LogP) is 2.01. The first-order valence-corrected chi connectivity index (χ1v) is 7.99. The van der Waals surface area contributed by atoms with Crippen molar-refractivity contribution in [2.24, 2.45) is 0 Å². The molecular weight excluding hydrogens is 359 g/mol. The van der Waals surface area contributed by atoms with Gasteiger partial charge in [0.1, 0.15) is 10.8 Å². The molecule has 0 aliphatic carbocycles. The molecular formula is C15H15ClF3N5O. The van der Waals surface area contributed by atoms with Crippen molar-refractivity contribution in [3.05, 3.63) is 39.7 Å². The van der Waals surface area contributed by atoms with Crippen molar-refractivity contribution in [2.75, 3.05) is 37.6 Å². The van der Waals surface area contributed by atoms with Crippen molar-refractivity contribution in [1.29, 1.82) is 0 Å². The van der Waals surface area contributed by atoms with E-state index < -0.39 is 17.9 Å². The van der Waals surface area contributed by atoms with Crippen molar-refractivity contribution in [3.8, 4) is 11.4 Å². The Balaban J connectivity index is 1.86. The smallest absolute Gasteiger partial charge is 0.272 e. The van der Waals surface area contributed by atoms with Gasteiger partial charge in [0.2, 0.25) is 5.95 Å². The molecule has 0 radical (unpaired) electrons. The van der Waals surface area contributed by atoms with Crippen molar-refractivity contribution in [1.82, 2.24) is 19.9 Å². The first-order chi connectivity index (χ1) is 11.9. The minimum atomic E-state index is -2.39. The Labute approximate surface area is 146 Å². The molecule has 2 aromatic rings. The van der Waals surface area contributed by atoms with E-state index in [1.807, 2.05) is 0 Å². The highest BCUT2D eigenvalue weighted by Gasteiger charge is 2.23.